The maximum atomic E-state index is 11.7. The molecule has 1 amide bonds. The van der Waals surface area contributed by atoms with Gasteiger partial charge in [-0.2, -0.15) is 0 Å². The first-order valence-electron chi connectivity index (χ1n) is 7.41. The normalized spacial score (nSPS) is 10.4. The Morgan fingerprint density at radius 3 is 2.62 bits per heavy atom. The van der Waals surface area contributed by atoms with Gasteiger partial charge in [-0.25, -0.2) is 0 Å². The second-order valence-corrected chi connectivity index (χ2v) is 4.88. The molecule has 0 aromatic heterocycles. The monoisotopic (exact) mass is 328 g/mol. The topological polar surface area (TPSA) is 69.1 Å². The maximum absolute atomic E-state index is 11.7. The summed E-state index contributed by atoms with van der Waals surface area (Å²) in [5, 5.41) is 6.56. The first kappa shape index (κ1) is 17.3. The fraction of sp³-hybridized carbons (Fsp3) is 0.222. The molecule has 2 aromatic carbocycles. The van der Waals surface area contributed by atoms with Crippen LogP contribution in [-0.4, -0.2) is 32.9 Å². The molecule has 0 saturated carbocycles. The largest absolute Gasteiger partial charge is 0.497 e. The lowest BCUT2D eigenvalue weighted by Crippen LogP contribution is -2.26. The van der Waals surface area contributed by atoms with Crippen molar-refractivity contribution in [3.8, 4) is 11.5 Å². The number of ether oxygens (including phenoxy) is 2. The van der Waals surface area contributed by atoms with Gasteiger partial charge < -0.3 is 19.6 Å². The Kier molecular flexibility index (Phi) is 6.64. The van der Waals surface area contributed by atoms with Gasteiger partial charge in [0.2, 0.25) is 0 Å². The predicted molar refractivity (Wildman–Crippen MR) is 91.4 cm³/mol. The molecule has 0 aliphatic carbocycles. The molecule has 1 N–H and O–H groups in total. The smallest absolute Gasteiger partial charge is 0.261 e. The van der Waals surface area contributed by atoms with Crippen LogP contribution in [0.15, 0.2) is 53.7 Å². The van der Waals surface area contributed by atoms with Crippen LogP contribution in [0.5, 0.6) is 11.5 Å². The number of nitrogens with one attached hydrogen (secondary N) is 1. The molecule has 0 spiro atoms. The number of hydrogen-bond donors (Lipinski definition) is 1. The molecule has 0 saturated heterocycles. The molecule has 2 rings (SSSR count). The predicted octanol–water partition coefficient (Wildman–Crippen LogP) is 2.37. The van der Waals surface area contributed by atoms with Crippen LogP contribution in [0, 0.1) is 0 Å². The molecule has 126 valence electrons. The van der Waals surface area contributed by atoms with Crippen molar-refractivity contribution in [3.63, 3.8) is 0 Å². The molecule has 6 nitrogen and oxygen atoms in total. The number of hydrogen-bond acceptors (Lipinski definition) is 5. The minimum Gasteiger partial charge on any atom is -0.497 e. The fourth-order valence-electron chi connectivity index (χ4n) is 1.98. The van der Waals surface area contributed by atoms with Gasteiger partial charge in [-0.05, 0) is 23.8 Å². The van der Waals surface area contributed by atoms with E-state index in [2.05, 4.69) is 10.5 Å². The Labute approximate surface area is 141 Å². The van der Waals surface area contributed by atoms with Crippen LogP contribution in [0.25, 0.3) is 0 Å². The first-order chi connectivity index (χ1) is 11.7. The van der Waals surface area contributed by atoms with Crippen LogP contribution in [0.2, 0.25) is 0 Å². The number of benzene rings is 2. The summed E-state index contributed by atoms with van der Waals surface area (Å²) in [7, 11) is 3.15. The van der Waals surface area contributed by atoms with Gasteiger partial charge >= 0.3 is 0 Å². The zero-order valence-electron chi connectivity index (χ0n) is 13.7. The highest BCUT2D eigenvalue weighted by Gasteiger charge is 2.04. The van der Waals surface area contributed by atoms with Crippen molar-refractivity contribution in [2.24, 2.45) is 5.16 Å². The quantitative estimate of drug-likeness (QED) is 0.597. The van der Waals surface area contributed by atoms with Crippen LogP contribution in [0.1, 0.15) is 11.1 Å². The van der Waals surface area contributed by atoms with E-state index in [1.165, 1.54) is 6.21 Å². The van der Waals surface area contributed by atoms with Gasteiger partial charge in [0.15, 0.2) is 6.61 Å². The molecule has 0 radical (unpaired) electrons. The summed E-state index contributed by atoms with van der Waals surface area (Å²) in [5.41, 5.74) is 1.72. The van der Waals surface area contributed by atoms with E-state index in [0.717, 1.165) is 5.56 Å². The molecule has 24 heavy (non-hydrogen) atoms. The lowest BCUT2D eigenvalue weighted by molar-refractivity contribution is -0.125. The van der Waals surface area contributed by atoms with Crippen LogP contribution < -0.4 is 14.8 Å². The lowest BCUT2D eigenvalue weighted by atomic mass is 10.2. The Hall–Kier alpha value is -3.02. The average Bonchev–Trinajstić information content (AvgIpc) is 2.64. The third-order valence-electron chi connectivity index (χ3n) is 3.23. The van der Waals surface area contributed by atoms with E-state index in [0.29, 0.717) is 23.6 Å². The number of carbonyl (C=O) groups is 1. The van der Waals surface area contributed by atoms with Crippen molar-refractivity contribution < 1.29 is 19.1 Å². The van der Waals surface area contributed by atoms with E-state index < -0.39 is 0 Å². The summed E-state index contributed by atoms with van der Waals surface area (Å²) in [6.07, 6.45) is 1.48. The van der Waals surface area contributed by atoms with Gasteiger partial charge in [0, 0.05) is 12.1 Å². The van der Waals surface area contributed by atoms with E-state index >= 15 is 0 Å². The van der Waals surface area contributed by atoms with E-state index in [4.69, 9.17) is 14.3 Å². The summed E-state index contributed by atoms with van der Waals surface area (Å²) in [5.74, 6) is 1.07. The van der Waals surface area contributed by atoms with Crippen molar-refractivity contribution >= 4 is 12.1 Å². The van der Waals surface area contributed by atoms with Gasteiger partial charge in [0.25, 0.3) is 5.91 Å². The third-order valence-corrected chi connectivity index (χ3v) is 3.23. The summed E-state index contributed by atoms with van der Waals surface area (Å²) in [6.45, 7) is 0.298. The minimum absolute atomic E-state index is 0.157. The standard InChI is InChI=1S/C18H20N2O4/c1-22-16-8-9-17(23-2)15(10-16)12-20-24-13-18(21)19-11-14-6-4-3-5-7-14/h3-10,12H,11,13H2,1-2H3,(H,19,21)/b20-12-. The Balaban J connectivity index is 1.80. The van der Waals surface area contributed by atoms with Crippen molar-refractivity contribution in [1.29, 1.82) is 0 Å². The molecule has 0 atom stereocenters. The molecule has 0 fully saturated rings. The van der Waals surface area contributed by atoms with Gasteiger partial charge in [0.05, 0.1) is 20.4 Å². The zero-order chi connectivity index (χ0) is 17.2. The molecule has 0 aliphatic rings. The molecule has 6 heteroatoms. The number of carbonyl (C=O) groups excluding carboxylic acids is 1. The maximum Gasteiger partial charge on any atom is 0.261 e. The van der Waals surface area contributed by atoms with Crippen molar-refractivity contribution in [2.75, 3.05) is 20.8 Å². The van der Waals surface area contributed by atoms with Crippen molar-refractivity contribution in [3.05, 3.63) is 59.7 Å². The highest BCUT2D eigenvalue weighted by molar-refractivity contribution is 5.84. The molecule has 0 aliphatic heterocycles. The summed E-state index contributed by atoms with van der Waals surface area (Å²) in [6, 6.07) is 15.0. The van der Waals surface area contributed by atoms with Gasteiger partial charge in [-0.1, -0.05) is 35.5 Å². The highest BCUT2D eigenvalue weighted by Crippen LogP contribution is 2.22. The second-order valence-electron chi connectivity index (χ2n) is 4.88. The average molecular weight is 328 g/mol. The first-order valence-corrected chi connectivity index (χ1v) is 7.41. The van der Waals surface area contributed by atoms with Crippen LogP contribution in [0.3, 0.4) is 0 Å². The van der Waals surface area contributed by atoms with E-state index in [1.807, 2.05) is 30.3 Å². The van der Waals surface area contributed by atoms with E-state index in [-0.39, 0.29) is 12.5 Å². The number of amides is 1. The number of methoxy groups -OCH3 is 2. The van der Waals surface area contributed by atoms with Crippen molar-refractivity contribution in [1.82, 2.24) is 5.32 Å². The zero-order valence-corrected chi connectivity index (χ0v) is 13.7. The number of oxime groups is 1. The van der Waals surface area contributed by atoms with E-state index in [1.54, 1.807) is 32.4 Å². The minimum atomic E-state index is -0.242. The summed E-state index contributed by atoms with van der Waals surface area (Å²) < 4.78 is 10.4. The van der Waals surface area contributed by atoms with Gasteiger partial charge in [0.1, 0.15) is 11.5 Å². The Bertz CT molecular complexity index is 687. The third kappa shape index (κ3) is 5.31. The molecule has 2 aromatic rings. The van der Waals surface area contributed by atoms with Gasteiger partial charge in [-0.3, -0.25) is 4.79 Å². The lowest BCUT2D eigenvalue weighted by Gasteiger charge is -2.07. The van der Waals surface area contributed by atoms with Crippen LogP contribution in [-0.2, 0) is 16.2 Å². The summed E-state index contributed by atoms with van der Waals surface area (Å²) in [4.78, 5) is 16.7. The number of rotatable bonds is 8. The Morgan fingerprint density at radius 2 is 1.92 bits per heavy atom. The molecule has 0 bridgehead atoms. The van der Waals surface area contributed by atoms with Crippen LogP contribution in [0.4, 0.5) is 0 Å². The fourth-order valence-corrected chi connectivity index (χ4v) is 1.98. The highest BCUT2D eigenvalue weighted by atomic mass is 16.6. The second kappa shape index (κ2) is 9.19. The SMILES string of the molecule is COc1ccc(OC)c(/C=N\OCC(=O)NCc2ccccc2)c1. The molecule has 0 unspecified atom stereocenters. The molecule has 0 heterocycles. The summed E-state index contributed by atoms with van der Waals surface area (Å²) >= 11 is 0. The van der Waals surface area contributed by atoms with Crippen molar-refractivity contribution in [2.45, 2.75) is 6.54 Å². The number of nitrogens with zero attached hydrogens (tertiary/aromatic N) is 1. The molecular weight excluding hydrogens is 308 g/mol. The van der Waals surface area contributed by atoms with Gasteiger partial charge in [-0.15, -0.1) is 0 Å². The molecular formula is C18H20N2O4. The van der Waals surface area contributed by atoms with E-state index in [9.17, 15) is 4.79 Å². The Morgan fingerprint density at radius 1 is 1.12 bits per heavy atom. The van der Waals surface area contributed by atoms with Crippen LogP contribution >= 0.6 is 0 Å².